The highest BCUT2D eigenvalue weighted by molar-refractivity contribution is 7.80. The zero-order valence-corrected chi connectivity index (χ0v) is 7.82. The first-order valence-corrected chi connectivity index (χ1v) is 4.65. The third kappa shape index (κ3) is 1.04. The van der Waals surface area contributed by atoms with Crippen LogP contribution in [0.3, 0.4) is 0 Å². The summed E-state index contributed by atoms with van der Waals surface area (Å²) < 4.78 is 1.05. The minimum absolute atomic E-state index is 0.198. The van der Waals surface area contributed by atoms with E-state index in [1.54, 1.807) is 6.07 Å². The monoisotopic (exact) mass is 197 g/mol. The van der Waals surface area contributed by atoms with Gasteiger partial charge in [-0.1, -0.05) is 0 Å². The van der Waals surface area contributed by atoms with Crippen molar-refractivity contribution in [3.05, 3.63) is 18.2 Å². The number of benzene rings is 1. The van der Waals surface area contributed by atoms with Crippen molar-refractivity contribution in [2.75, 3.05) is 5.73 Å². The number of anilines is 1. The van der Waals surface area contributed by atoms with Gasteiger partial charge in [-0.05, 0) is 18.2 Å². The molecule has 0 spiro atoms. The number of fused-ring (bicyclic) bond motifs is 1. The molecule has 2 rings (SSSR count). The van der Waals surface area contributed by atoms with Gasteiger partial charge in [0.05, 0.1) is 9.90 Å². The first-order valence-electron chi connectivity index (χ1n) is 3.38. The Kier molecular flexibility index (Phi) is 1.66. The van der Waals surface area contributed by atoms with Gasteiger partial charge in [0, 0.05) is 10.1 Å². The smallest absolute Gasteiger partial charge is 0.129 e. The largest absolute Gasteiger partial charge is 0.507 e. The molecule has 12 heavy (non-hydrogen) atoms. The fourth-order valence-electron chi connectivity index (χ4n) is 1.11. The Bertz CT molecular complexity index is 436. The number of aromatic hydroxyl groups is 1. The van der Waals surface area contributed by atoms with Gasteiger partial charge in [0.1, 0.15) is 5.75 Å². The zero-order chi connectivity index (χ0) is 8.72. The lowest BCUT2D eigenvalue weighted by Crippen LogP contribution is -1.73. The fourth-order valence-corrected chi connectivity index (χ4v) is 2.28. The van der Waals surface area contributed by atoms with Gasteiger partial charge < -0.3 is 10.8 Å². The van der Waals surface area contributed by atoms with Crippen LogP contribution in [0.2, 0.25) is 0 Å². The number of nitrogen functional groups attached to an aromatic ring is 1. The summed E-state index contributed by atoms with van der Waals surface area (Å²) >= 11 is 5.67. The van der Waals surface area contributed by atoms with Crippen molar-refractivity contribution in [3.8, 4) is 5.75 Å². The second-order valence-corrected chi connectivity index (χ2v) is 4.06. The Labute approximate surface area is 79.0 Å². The summed E-state index contributed by atoms with van der Waals surface area (Å²) in [6.07, 6.45) is 0. The van der Waals surface area contributed by atoms with Crippen LogP contribution in [-0.4, -0.2) is 5.11 Å². The molecular weight excluding hydrogens is 190 g/mol. The summed E-state index contributed by atoms with van der Waals surface area (Å²) in [5, 5.41) is 11.0. The minimum atomic E-state index is 0.198. The Hall–Kier alpha value is -0.870. The highest BCUT2D eigenvalue weighted by atomic mass is 32.1. The number of thiophene rings is 1. The number of nitrogens with two attached hydrogens (primary N) is 1. The van der Waals surface area contributed by atoms with E-state index in [1.165, 1.54) is 11.3 Å². The van der Waals surface area contributed by atoms with Crippen molar-refractivity contribution in [3.63, 3.8) is 0 Å². The normalized spacial score (nSPS) is 10.8. The third-order valence-corrected chi connectivity index (χ3v) is 3.07. The van der Waals surface area contributed by atoms with Crippen LogP contribution < -0.4 is 5.73 Å². The molecule has 0 aliphatic rings. The van der Waals surface area contributed by atoms with E-state index in [2.05, 4.69) is 12.6 Å². The second-order valence-electron chi connectivity index (χ2n) is 2.49. The number of thiol groups is 1. The van der Waals surface area contributed by atoms with E-state index in [1.807, 2.05) is 12.1 Å². The summed E-state index contributed by atoms with van der Waals surface area (Å²) in [4.78, 5) is 0.598. The van der Waals surface area contributed by atoms with Crippen LogP contribution in [0.25, 0.3) is 10.1 Å². The third-order valence-electron chi connectivity index (χ3n) is 1.67. The van der Waals surface area contributed by atoms with E-state index >= 15 is 0 Å². The van der Waals surface area contributed by atoms with E-state index in [0.717, 1.165) is 15.1 Å². The molecule has 2 nitrogen and oxygen atoms in total. The average molecular weight is 197 g/mol. The Balaban J connectivity index is 2.89. The van der Waals surface area contributed by atoms with Gasteiger partial charge in [-0.15, -0.1) is 24.0 Å². The first kappa shape index (κ1) is 7.76. The van der Waals surface area contributed by atoms with Gasteiger partial charge >= 0.3 is 0 Å². The van der Waals surface area contributed by atoms with Crippen molar-refractivity contribution >= 4 is 39.1 Å². The number of rotatable bonds is 0. The zero-order valence-electron chi connectivity index (χ0n) is 6.11. The van der Waals surface area contributed by atoms with E-state index in [-0.39, 0.29) is 5.75 Å². The number of hydrogen-bond acceptors (Lipinski definition) is 4. The first-order chi connectivity index (χ1) is 5.68. The standard InChI is InChI=1S/C8H7NOS2/c9-7-3-4-6(12-7)2-1-5(10)8(4)11/h1-3,10-11H,9H2. The molecule has 0 aliphatic heterocycles. The summed E-state index contributed by atoms with van der Waals surface area (Å²) in [7, 11) is 0. The number of hydrogen-bond donors (Lipinski definition) is 3. The van der Waals surface area contributed by atoms with Gasteiger partial charge in [-0.25, -0.2) is 0 Å². The quantitative estimate of drug-likeness (QED) is 0.568. The minimum Gasteiger partial charge on any atom is -0.507 e. The highest BCUT2D eigenvalue weighted by Gasteiger charge is 2.05. The lowest BCUT2D eigenvalue weighted by molar-refractivity contribution is 0.464. The van der Waals surface area contributed by atoms with Gasteiger partial charge in [0.2, 0.25) is 0 Å². The molecule has 0 fully saturated rings. The molecule has 0 saturated heterocycles. The van der Waals surface area contributed by atoms with Crippen LogP contribution in [0.15, 0.2) is 23.1 Å². The van der Waals surface area contributed by atoms with Crippen LogP contribution >= 0.6 is 24.0 Å². The summed E-state index contributed by atoms with van der Waals surface area (Å²) in [5.74, 6) is 0.198. The van der Waals surface area contributed by atoms with Crippen LogP contribution in [0, 0.1) is 0 Å². The molecule has 1 heterocycles. The van der Waals surface area contributed by atoms with E-state index < -0.39 is 0 Å². The summed E-state index contributed by atoms with van der Waals surface area (Å²) in [6, 6.07) is 5.29. The van der Waals surface area contributed by atoms with E-state index in [4.69, 9.17) is 5.73 Å². The lowest BCUT2D eigenvalue weighted by Gasteiger charge is -1.96. The van der Waals surface area contributed by atoms with Crippen LogP contribution in [0.1, 0.15) is 0 Å². The van der Waals surface area contributed by atoms with Gasteiger partial charge in [-0.2, -0.15) is 0 Å². The number of phenols is 1. The Morgan fingerprint density at radius 2 is 2.17 bits per heavy atom. The molecule has 0 aliphatic carbocycles. The fraction of sp³-hybridized carbons (Fsp3) is 0. The van der Waals surface area contributed by atoms with Crippen molar-refractivity contribution < 1.29 is 5.11 Å². The Morgan fingerprint density at radius 1 is 1.42 bits per heavy atom. The number of phenolic OH excluding ortho intramolecular Hbond substituents is 1. The Morgan fingerprint density at radius 3 is 2.92 bits per heavy atom. The molecule has 3 N–H and O–H groups in total. The molecule has 4 heteroatoms. The highest BCUT2D eigenvalue weighted by Crippen LogP contribution is 2.36. The lowest BCUT2D eigenvalue weighted by atomic mass is 10.2. The maximum atomic E-state index is 9.31. The van der Waals surface area contributed by atoms with Crippen molar-refractivity contribution in [2.24, 2.45) is 0 Å². The summed E-state index contributed by atoms with van der Waals surface area (Å²) in [6.45, 7) is 0. The molecule has 0 radical (unpaired) electrons. The molecule has 1 aromatic carbocycles. The predicted octanol–water partition coefficient (Wildman–Crippen LogP) is 2.48. The van der Waals surface area contributed by atoms with E-state index in [9.17, 15) is 5.11 Å². The molecule has 62 valence electrons. The SMILES string of the molecule is Nc1cc2c(S)c(O)ccc2s1. The predicted molar refractivity (Wildman–Crippen MR) is 55.2 cm³/mol. The molecule has 1 aromatic heterocycles. The summed E-state index contributed by atoms with van der Waals surface area (Å²) in [5.41, 5.74) is 5.61. The van der Waals surface area contributed by atoms with E-state index in [0.29, 0.717) is 4.90 Å². The van der Waals surface area contributed by atoms with Crippen LogP contribution in [0.5, 0.6) is 5.75 Å². The van der Waals surface area contributed by atoms with Crippen LogP contribution in [0.4, 0.5) is 5.00 Å². The van der Waals surface area contributed by atoms with Gasteiger partial charge in [0.15, 0.2) is 0 Å². The molecule has 2 aromatic rings. The molecule has 0 unspecified atom stereocenters. The topological polar surface area (TPSA) is 46.2 Å². The molecule has 0 bridgehead atoms. The molecule has 0 amide bonds. The van der Waals surface area contributed by atoms with Crippen molar-refractivity contribution in [1.29, 1.82) is 0 Å². The molecule has 0 saturated carbocycles. The average Bonchev–Trinajstić information content (AvgIpc) is 2.39. The van der Waals surface area contributed by atoms with Gasteiger partial charge in [0.25, 0.3) is 0 Å². The van der Waals surface area contributed by atoms with Crippen LogP contribution in [-0.2, 0) is 0 Å². The maximum Gasteiger partial charge on any atom is 0.129 e. The second kappa shape index (κ2) is 2.57. The maximum absolute atomic E-state index is 9.31. The van der Waals surface area contributed by atoms with Gasteiger partial charge in [-0.3, -0.25) is 0 Å². The molecule has 0 atom stereocenters. The molecular formula is C8H7NOS2. The van der Waals surface area contributed by atoms with Crippen molar-refractivity contribution in [1.82, 2.24) is 0 Å². The van der Waals surface area contributed by atoms with Crippen molar-refractivity contribution in [2.45, 2.75) is 4.90 Å².